The van der Waals surface area contributed by atoms with Gasteiger partial charge in [-0.15, -0.1) is 0 Å². The van der Waals surface area contributed by atoms with Gasteiger partial charge in [0.05, 0.1) is 11.2 Å². The number of amides is 1. The Labute approximate surface area is 96.0 Å². The molecule has 4 N–H and O–H groups in total. The van der Waals surface area contributed by atoms with E-state index in [2.05, 4.69) is 10.0 Å². The number of carbonyl (C=O) groups is 1. The fraction of sp³-hybridized carbons (Fsp3) is 0.889. The second-order valence-electron chi connectivity index (χ2n) is 4.12. The molecule has 7 heteroatoms. The van der Waals surface area contributed by atoms with Crippen molar-refractivity contribution in [1.82, 2.24) is 10.0 Å². The van der Waals surface area contributed by atoms with Crippen molar-refractivity contribution in [2.75, 3.05) is 25.9 Å². The minimum absolute atomic E-state index is 0.101. The largest absolute Gasteiger partial charge is 0.355 e. The van der Waals surface area contributed by atoms with Gasteiger partial charge in [-0.25, -0.2) is 13.1 Å². The second kappa shape index (κ2) is 5.11. The summed E-state index contributed by atoms with van der Waals surface area (Å²) < 4.78 is 24.4. The van der Waals surface area contributed by atoms with E-state index in [-0.39, 0.29) is 18.2 Å². The molecule has 0 heterocycles. The smallest absolute Gasteiger partial charge is 0.227 e. The number of rotatable bonds is 6. The predicted octanol–water partition coefficient (Wildman–Crippen LogP) is -1.22. The molecule has 1 saturated carbocycles. The first kappa shape index (κ1) is 13.4. The van der Waals surface area contributed by atoms with Gasteiger partial charge >= 0.3 is 0 Å². The molecule has 0 aromatic rings. The fourth-order valence-electron chi connectivity index (χ4n) is 1.72. The third-order valence-electron chi connectivity index (χ3n) is 3.15. The van der Waals surface area contributed by atoms with Crippen LogP contribution in [0.25, 0.3) is 0 Å². The molecule has 0 aromatic heterocycles. The monoisotopic (exact) mass is 249 g/mol. The lowest BCUT2D eigenvalue weighted by molar-refractivity contribution is -0.135. The zero-order chi connectivity index (χ0) is 12.2. The van der Waals surface area contributed by atoms with Crippen molar-refractivity contribution in [1.29, 1.82) is 0 Å². The standard InChI is InChI=1S/C9H19N3O3S/c1-11-16(14,15)6-5-12-8(13)9(7-10)3-2-4-9/h11H,2-7,10H2,1H3,(H,12,13). The lowest BCUT2D eigenvalue weighted by atomic mass is 9.68. The first-order valence-corrected chi connectivity index (χ1v) is 7.00. The van der Waals surface area contributed by atoms with Crippen LogP contribution in [0.4, 0.5) is 0 Å². The molecule has 1 aliphatic carbocycles. The maximum atomic E-state index is 11.7. The van der Waals surface area contributed by atoms with E-state index in [1.54, 1.807) is 0 Å². The molecule has 16 heavy (non-hydrogen) atoms. The van der Waals surface area contributed by atoms with Crippen molar-refractivity contribution >= 4 is 15.9 Å². The van der Waals surface area contributed by atoms with E-state index >= 15 is 0 Å². The van der Waals surface area contributed by atoms with Crippen molar-refractivity contribution < 1.29 is 13.2 Å². The van der Waals surface area contributed by atoms with Gasteiger partial charge in [-0.3, -0.25) is 4.79 Å². The molecule has 0 atom stereocenters. The number of nitrogens with one attached hydrogen (secondary N) is 2. The molecule has 94 valence electrons. The number of carbonyl (C=O) groups excluding carboxylic acids is 1. The Kier molecular flexibility index (Phi) is 4.28. The summed E-state index contributed by atoms with van der Waals surface area (Å²) in [6.45, 7) is 0.460. The van der Waals surface area contributed by atoms with Crippen molar-refractivity contribution in [3.05, 3.63) is 0 Å². The number of sulfonamides is 1. The summed E-state index contributed by atoms with van der Waals surface area (Å²) in [6.07, 6.45) is 2.61. The van der Waals surface area contributed by atoms with E-state index in [0.29, 0.717) is 6.54 Å². The summed E-state index contributed by atoms with van der Waals surface area (Å²) in [6, 6.07) is 0. The van der Waals surface area contributed by atoms with E-state index in [9.17, 15) is 13.2 Å². The highest BCUT2D eigenvalue weighted by Crippen LogP contribution is 2.39. The normalized spacial score (nSPS) is 18.9. The summed E-state index contributed by atoms with van der Waals surface area (Å²) >= 11 is 0. The van der Waals surface area contributed by atoms with Crippen molar-refractivity contribution in [2.45, 2.75) is 19.3 Å². The third-order valence-corrected chi connectivity index (χ3v) is 4.51. The molecule has 0 radical (unpaired) electrons. The predicted molar refractivity (Wildman–Crippen MR) is 61.2 cm³/mol. The molecule has 0 aliphatic heterocycles. The minimum atomic E-state index is -3.25. The van der Waals surface area contributed by atoms with Crippen LogP contribution < -0.4 is 15.8 Å². The molecule has 1 fully saturated rings. The average molecular weight is 249 g/mol. The van der Waals surface area contributed by atoms with E-state index in [0.717, 1.165) is 19.3 Å². The summed E-state index contributed by atoms with van der Waals surface area (Å²) in [4.78, 5) is 11.7. The molecule has 1 aliphatic rings. The zero-order valence-electron chi connectivity index (χ0n) is 9.45. The molecule has 0 aromatic carbocycles. The van der Waals surface area contributed by atoms with Crippen LogP contribution in [0.1, 0.15) is 19.3 Å². The molecular weight excluding hydrogens is 230 g/mol. The van der Waals surface area contributed by atoms with E-state index in [1.807, 2.05) is 0 Å². The molecule has 1 amide bonds. The number of nitrogens with two attached hydrogens (primary N) is 1. The molecular formula is C9H19N3O3S. The van der Waals surface area contributed by atoms with Gasteiger partial charge in [0, 0.05) is 13.1 Å². The average Bonchev–Trinajstić information content (AvgIpc) is 2.17. The second-order valence-corrected chi connectivity index (χ2v) is 6.16. The Morgan fingerprint density at radius 3 is 2.44 bits per heavy atom. The summed E-state index contributed by atoms with van der Waals surface area (Å²) in [5, 5.41) is 2.63. The SMILES string of the molecule is CNS(=O)(=O)CCNC(=O)C1(CN)CCC1. The number of hydrogen-bond donors (Lipinski definition) is 3. The van der Waals surface area contributed by atoms with Crippen LogP contribution in [0.5, 0.6) is 0 Å². The lowest BCUT2D eigenvalue weighted by Gasteiger charge is -2.39. The highest BCUT2D eigenvalue weighted by atomic mass is 32.2. The molecule has 0 spiro atoms. The highest BCUT2D eigenvalue weighted by Gasteiger charge is 2.42. The highest BCUT2D eigenvalue weighted by molar-refractivity contribution is 7.89. The Bertz CT molecular complexity index is 344. The molecule has 6 nitrogen and oxygen atoms in total. The van der Waals surface area contributed by atoms with Crippen LogP contribution in [0.15, 0.2) is 0 Å². The van der Waals surface area contributed by atoms with E-state index < -0.39 is 15.4 Å². The van der Waals surface area contributed by atoms with Gasteiger partial charge in [-0.05, 0) is 19.9 Å². The van der Waals surface area contributed by atoms with Crippen LogP contribution in [0.3, 0.4) is 0 Å². The molecule has 0 saturated heterocycles. The Morgan fingerprint density at radius 2 is 2.06 bits per heavy atom. The first-order valence-electron chi connectivity index (χ1n) is 5.35. The molecule has 0 unspecified atom stereocenters. The lowest BCUT2D eigenvalue weighted by Crippen LogP contribution is -2.51. The van der Waals surface area contributed by atoms with Gasteiger partial charge in [0.25, 0.3) is 0 Å². The first-order chi connectivity index (χ1) is 7.46. The quantitative estimate of drug-likeness (QED) is 0.549. The van der Waals surface area contributed by atoms with Gasteiger partial charge in [0.15, 0.2) is 0 Å². The van der Waals surface area contributed by atoms with E-state index in [4.69, 9.17) is 5.73 Å². The fourth-order valence-corrected chi connectivity index (χ4v) is 2.29. The van der Waals surface area contributed by atoms with Crippen LogP contribution in [-0.4, -0.2) is 40.2 Å². The van der Waals surface area contributed by atoms with E-state index in [1.165, 1.54) is 7.05 Å². The van der Waals surface area contributed by atoms with Crippen LogP contribution in [-0.2, 0) is 14.8 Å². The topological polar surface area (TPSA) is 101 Å². The summed E-state index contributed by atoms with van der Waals surface area (Å²) in [5.41, 5.74) is 5.12. The van der Waals surface area contributed by atoms with Crippen LogP contribution in [0.2, 0.25) is 0 Å². The van der Waals surface area contributed by atoms with Crippen LogP contribution in [0, 0.1) is 5.41 Å². The van der Waals surface area contributed by atoms with Crippen LogP contribution >= 0.6 is 0 Å². The zero-order valence-corrected chi connectivity index (χ0v) is 10.3. The summed E-state index contributed by atoms with van der Waals surface area (Å²) in [7, 11) is -1.90. The summed E-state index contributed by atoms with van der Waals surface area (Å²) in [5.74, 6) is -0.219. The van der Waals surface area contributed by atoms with Gasteiger partial charge in [-0.1, -0.05) is 6.42 Å². The Balaban J connectivity index is 2.36. The van der Waals surface area contributed by atoms with Crippen molar-refractivity contribution in [2.24, 2.45) is 11.1 Å². The Morgan fingerprint density at radius 1 is 1.44 bits per heavy atom. The molecule has 0 bridgehead atoms. The van der Waals surface area contributed by atoms with Crippen molar-refractivity contribution in [3.8, 4) is 0 Å². The maximum Gasteiger partial charge on any atom is 0.227 e. The van der Waals surface area contributed by atoms with Gasteiger partial charge in [0.1, 0.15) is 0 Å². The third kappa shape index (κ3) is 2.93. The minimum Gasteiger partial charge on any atom is -0.355 e. The van der Waals surface area contributed by atoms with Crippen molar-refractivity contribution in [3.63, 3.8) is 0 Å². The van der Waals surface area contributed by atoms with Gasteiger partial charge in [0.2, 0.25) is 15.9 Å². The maximum absolute atomic E-state index is 11.7. The number of hydrogen-bond acceptors (Lipinski definition) is 4. The van der Waals surface area contributed by atoms with Gasteiger partial charge < -0.3 is 11.1 Å². The molecule has 1 rings (SSSR count). The Hall–Kier alpha value is -0.660. The van der Waals surface area contributed by atoms with Gasteiger partial charge in [-0.2, -0.15) is 0 Å².